The van der Waals surface area contributed by atoms with Gasteiger partial charge in [0.05, 0.1) is 37.7 Å². The quantitative estimate of drug-likeness (QED) is 0.662. The summed E-state index contributed by atoms with van der Waals surface area (Å²) < 4.78 is 12.5. The van der Waals surface area contributed by atoms with Crippen LogP contribution in [-0.4, -0.2) is 42.1 Å². The number of methoxy groups -OCH3 is 2. The lowest BCUT2D eigenvalue weighted by atomic mass is 10.1. The number of rotatable bonds is 6. The minimum absolute atomic E-state index is 0.122. The third-order valence-electron chi connectivity index (χ3n) is 5.47. The van der Waals surface area contributed by atoms with Crippen LogP contribution in [0, 0.1) is 5.92 Å². The Morgan fingerprint density at radius 2 is 1.90 bits per heavy atom. The summed E-state index contributed by atoms with van der Waals surface area (Å²) in [6, 6.07) is 15.1. The lowest BCUT2D eigenvalue weighted by Gasteiger charge is -2.20. The maximum Gasteiger partial charge on any atom is 0.232 e. The molecule has 0 bridgehead atoms. The molecule has 1 fully saturated rings. The number of ether oxygens (including phenoxy) is 2. The van der Waals surface area contributed by atoms with Gasteiger partial charge in [-0.1, -0.05) is 30.3 Å². The Morgan fingerprint density at radius 1 is 1.13 bits per heavy atom. The molecule has 8 heteroatoms. The number of aromatic nitrogens is 2. The molecule has 4 rings (SSSR count). The molecule has 3 aromatic rings. The van der Waals surface area contributed by atoms with E-state index >= 15 is 0 Å². The Hall–Kier alpha value is -3.81. The molecular weight excluding hydrogens is 396 g/mol. The zero-order valence-electron chi connectivity index (χ0n) is 17.7. The average Bonchev–Trinajstić information content (AvgIpc) is 3.36. The molecule has 1 unspecified atom stereocenters. The molecule has 2 aromatic carbocycles. The zero-order valence-corrected chi connectivity index (χ0v) is 17.7. The molecule has 8 nitrogen and oxygen atoms in total. The number of amides is 2. The van der Waals surface area contributed by atoms with Gasteiger partial charge in [0.1, 0.15) is 11.5 Å². The van der Waals surface area contributed by atoms with E-state index in [-0.39, 0.29) is 24.8 Å². The van der Waals surface area contributed by atoms with Crippen molar-refractivity contribution in [3.8, 4) is 22.8 Å². The van der Waals surface area contributed by atoms with Gasteiger partial charge in [0.15, 0.2) is 0 Å². The van der Waals surface area contributed by atoms with Crippen molar-refractivity contribution in [1.29, 1.82) is 0 Å². The number of carbonyl (C=O) groups is 2. The number of hydrogen-bond donors (Lipinski definition) is 1. The Bertz CT molecular complexity index is 1110. The number of hydrogen-bond acceptors (Lipinski definition) is 5. The summed E-state index contributed by atoms with van der Waals surface area (Å²) >= 11 is 0. The Labute approximate surface area is 180 Å². The van der Waals surface area contributed by atoms with Crippen LogP contribution in [0.15, 0.2) is 54.7 Å². The zero-order chi connectivity index (χ0) is 22.0. The maximum atomic E-state index is 12.9. The van der Waals surface area contributed by atoms with Crippen molar-refractivity contribution in [3.05, 3.63) is 54.7 Å². The van der Waals surface area contributed by atoms with Gasteiger partial charge < -0.3 is 18.9 Å². The normalized spacial score (nSPS) is 15.8. The van der Waals surface area contributed by atoms with Crippen molar-refractivity contribution < 1.29 is 19.1 Å². The summed E-state index contributed by atoms with van der Waals surface area (Å²) in [5.41, 5.74) is 2.52. The second kappa shape index (κ2) is 8.51. The van der Waals surface area contributed by atoms with Crippen LogP contribution in [0.1, 0.15) is 6.42 Å². The number of nitrogens with zero attached hydrogens (tertiary/aromatic N) is 3. The summed E-state index contributed by atoms with van der Waals surface area (Å²) in [6.07, 6.45) is 1.84. The molecule has 160 valence electrons. The fourth-order valence-electron chi connectivity index (χ4n) is 3.74. The number of nitrogens with one attached hydrogen (secondary N) is 1. The summed E-state index contributed by atoms with van der Waals surface area (Å²) in [7, 11) is 4.95. The van der Waals surface area contributed by atoms with E-state index in [0.717, 1.165) is 11.3 Å². The predicted molar refractivity (Wildman–Crippen MR) is 117 cm³/mol. The molecule has 1 N–H and O–H groups in total. The van der Waals surface area contributed by atoms with Crippen LogP contribution in [0.5, 0.6) is 11.5 Å². The topological polar surface area (TPSA) is 85.7 Å². The molecule has 1 saturated heterocycles. The number of anilines is 2. The van der Waals surface area contributed by atoms with Gasteiger partial charge in [0, 0.05) is 26.1 Å². The highest BCUT2D eigenvalue weighted by Crippen LogP contribution is 2.36. The average molecular weight is 420 g/mol. The molecule has 2 amide bonds. The first kappa shape index (κ1) is 20.5. The molecule has 2 heterocycles. The minimum Gasteiger partial charge on any atom is -0.497 e. The second-order valence-electron chi connectivity index (χ2n) is 7.32. The monoisotopic (exact) mass is 420 g/mol. The van der Waals surface area contributed by atoms with Crippen molar-refractivity contribution >= 4 is 23.5 Å². The molecule has 1 aliphatic heterocycles. The van der Waals surface area contributed by atoms with E-state index < -0.39 is 5.92 Å². The lowest BCUT2D eigenvalue weighted by Crippen LogP contribution is -2.29. The van der Waals surface area contributed by atoms with E-state index in [4.69, 9.17) is 9.47 Å². The predicted octanol–water partition coefficient (Wildman–Crippen LogP) is 3.10. The van der Waals surface area contributed by atoms with Gasteiger partial charge in [-0.25, -0.2) is 4.98 Å². The van der Waals surface area contributed by atoms with E-state index in [2.05, 4.69) is 10.3 Å². The molecule has 0 radical (unpaired) electrons. The first-order valence-electron chi connectivity index (χ1n) is 9.92. The van der Waals surface area contributed by atoms with Crippen LogP contribution < -0.4 is 19.7 Å². The summed E-state index contributed by atoms with van der Waals surface area (Å²) in [5.74, 6) is 0.730. The molecule has 0 saturated carbocycles. The Kier molecular flexibility index (Phi) is 5.62. The highest BCUT2D eigenvalue weighted by molar-refractivity contribution is 6.04. The fourth-order valence-corrected chi connectivity index (χ4v) is 3.74. The third-order valence-corrected chi connectivity index (χ3v) is 5.47. The number of benzene rings is 2. The van der Waals surface area contributed by atoms with Crippen molar-refractivity contribution in [2.24, 2.45) is 13.0 Å². The summed E-state index contributed by atoms with van der Waals surface area (Å²) in [4.78, 5) is 31.5. The van der Waals surface area contributed by atoms with Crippen LogP contribution in [0.2, 0.25) is 0 Å². The van der Waals surface area contributed by atoms with Crippen molar-refractivity contribution in [2.75, 3.05) is 31.0 Å². The molecular formula is C23H24N4O4. The smallest absolute Gasteiger partial charge is 0.232 e. The first-order valence-corrected chi connectivity index (χ1v) is 9.92. The van der Waals surface area contributed by atoms with Gasteiger partial charge in [-0.2, -0.15) is 0 Å². The highest BCUT2D eigenvalue weighted by atomic mass is 16.5. The fraction of sp³-hybridized carbons (Fsp3) is 0.261. The third kappa shape index (κ3) is 3.96. The minimum atomic E-state index is -0.490. The Morgan fingerprint density at radius 3 is 2.61 bits per heavy atom. The number of imidazole rings is 1. The van der Waals surface area contributed by atoms with Crippen LogP contribution in [0.25, 0.3) is 11.3 Å². The van der Waals surface area contributed by atoms with Gasteiger partial charge in [-0.3, -0.25) is 14.9 Å². The van der Waals surface area contributed by atoms with Crippen LogP contribution in [-0.2, 0) is 16.6 Å². The van der Waals surface area contributed by atoms with Crippen molar-refractivity contribution in [3.63, 3.8) is 0 Å². The maximum absolute atomic E-state index is 12.9. The summed E-state index contributed by atoms with van der Waals surface area (Å²) in [5, 5.41) is 2.86. The molecule has 0 aliphatic carbocycles. The first-order chi connectivity index (χ1) is 15.0. The highest BCUT2D eigenvalue weighted by Gasteiger charge is 2.36. The van der Waals surface area contributed by atoms with Gasteiger partial charge in [0.2, 0.25) is 17.8 Å². The standard InChI is InChI=1S/C23H24N4O4/c1-26-19(15-7-5-4-6-8-15)13-24-23(26)25-22(29)16-11-21(28)27(14-16)18-10-9-17(30-2)12-20(18)31-3/h4-10,12-13,16H,11,14H2,1-3H3,(H,24,25,29). The van der Waals surface area contributed by atoms with Crippen molar-refractivity contribution in [1.82, 2.24) is 9.55 Å². The van der Waals surface area contributed by atoms with E-state index in [9.17, 15) is 9.59 Å². The van der Waals surface area contributed by atoms with Gasteiger partial charge in [-0.15, -0.1) is 0 Å². The molecule has 1 aliphatic rings. The van der Waals surface area contributed by atoms with Crippen LogP contribution >= 0.6 is 0 Å². The molecule has 0 spiro atoms. The number of carbonyl (C=O) groups excluding carboxylic acids is 2. The molecule has 31 heavy (non-hydrogen) atoms. The largest absolute Gasteiger partial charge is 0.497 e. The second-order valence-corrected chi connectivity index (χ2v) is 7.32. The van der Waals surface area contributed by atoms with E-state index in [1.165, 1.54) is 7.11 Å². The lowest BCUT2D eigenvalue weighted by molar-refractivity contribution is -0.122. The Balaban J connectivity index is 1.49. The van der Waals surface area contributed by atoms with Crippen molar-refractivity contribution in [2.45, 2.75) is 6.42 Å². The molecule has 1 aromatic heterocycles. The van der Waals surface area contributed by atoms with E-state index in [0.29, 0.717) is 23.1 Å². The van der Waals surface area contributed by atoms with Crippen LogP contribution in [0.3, 0.4) is 0 Å². The van der Waals surface area contributed by atoms with E-state index in [1.807, 2.05) is 41.9 Å². The SMILES string of the molecule is COc1ccc(N2CC(C(=O)Nc3ncc(-c4ccccc4)n3C)CC2=O)c(OC)c1. The van der Waals surface area contributed by atoms with Gasteiger partial charge >= 0.3 is 0 Å². The summed E-state index contributed by atoms with van der Waals surface area (Å²) in [6.45, 7) is 0.267. The molecule has 1 atom stereocenters. The van der Waals surface area contributed by atoms with Gasteiger partial charge in [-0.05, 0) is 17.7 Å². The van der Waals surface area contributed by atoms with E-state index in [1.54, 1.807) is 36.4 Å². The van der Waals surface area contributed by atoms with Gasteiger partial charge in [0.25, 0.3) is 0 Å². The van der Waals surface area contributed by atoms with Crippen LogP contribution in [0.4, 0.5) is 11.6 Å².